The summed E-state index contributed by atoms with van der Waals surface area (Å²) in [6.07, 6.45) is 4.17. The highest BCUT2D eigenvalue weighted by atomic mass is 16.7. The van der Waals surface area contributed by atoms with E-state index in [-0.39, 0.29) is 50.1 Å². The molecule has 0 bridgehead atoms. The summed E-state index contributed by atoms with van der Waals surface area (Å²) in [7, 11) is 0. The van der Waals surface area contributed by atoms with E-state index in [9.17, 15) is 9.59 Å². The maximum Gasteiger partial charge on any atom is 0.231 e. The number of nitrogens with zero attached hydrogens (tertiary/aromatic N) is 4. The number of hydrogen-bond acceptors (Lipinski definition) is 10. The predicted octanol–water partition coefficient (Wildman–Crippen LogP) is 4.53. The van der Waals surface area contributed by atoms with Gasteiger partial charge in [-0.3, -0.25) is 9.59 Å². The smallest absolute Gasteiger partial charge is 0.231 e. The maximum absolute atomic E-state index is 12.7. The fourth-order valence-corrected chi connectivity index (χ4v) is 5.96. The number of carbonyl (C=O) groups excluding carboxylic acids is 2. The molecule has 0 radical (unpaired) electrons. The van der Waals surface area contributed by atoms with Crippen molar-refractivity contribution in [2.24, 2.45) is 0 Å². The number of fused-ring (bicyclic) bond motifs is 2. The van der Waals surface area contributed by atoms with E-state index in [1.165, 1.54) is 0 Å². The first-order chi connectivity index (χ1) is 21.6. The molecule has 0 unspecified atom stereocenters. The molecule has 0 spiro atoms. The van der Waals surface area contributed by atoms with Crippen molar-refractivity contribution in [3.63, 3.8) is 0 Å². The molecule has 3 aliphatic rings. The minimum atomic E-state index is -0.209. The highest BCUT2D eigenvalue weighted by Gasteiger charge is 2.27. The number of nitrogens with one attached hydrogen (secondary N) is 2. The standard InChI is InChI=1S/C32H30N6O6/c39-29(15-21-6-2-8-25-31(21)43-17-41-25)33-27-12-10-23(35-37-27)19-4-1-5-20(14-19)24-11-13-28(38-36-24)34-30(40)16-22-7-3-9-26-32(22)44-18-42-26/h2-3,6-13,19-20H,1,4-5,14-18H2,(H,33,37,39)(H,34,38,40)/t19-,20-/m0/s1. The van der Waals surface area contributed by atoms with Crippen LogP contribution in [0.5, 0.6) is 23.0 Å². The average molecular weight is 595 g/mol. The second kappa shape index (κ2) is 12.2. The van der Waals surface area contributed by atoms with E-state index in [1.54, 1.807) is 12.1 Å². The first kappa shape index (κ1) is 27.6. The molecule has 12 nitrogen and oxygen atoms in total. The first-order valence-corrected chi connectivity index (χ1v) is 14.6. The summed E-state index contributed by atoms with van der Waals surface area (Å²) in [5.74, 6) is 3.32. The number of amides is 2. The van der Waals surface area contributed by atoms with Crippen molar-refractivity contribution < 1.29 is 28.5 Å². The van der Waals surface area contributed by atoms with Crippen LogP contribution in [-0.4, -0.2) is 45.8 Å². The van der Waals surface area contributed by atoms with Gasteiger partial charge in [0.2, 0.25) is 25.4 Å². The molecule has 4 heterocycles. The van der Waals surface area contributed by atoms with E-state index in [1.807, 2.05) is 48.5 Å². The Morgan fingerprint density at radius 1 is 0.636 bits per heavy atom. The summed E-state index contributed by atoms with van der Waals surface area (Å²) >= 11 is 0. The third kappa shape index (κ3) is 5.96. The van der Waals surface area contributed by atoms with Gasteiger partial charge in [0.15, 0.2) is 34.6 Å². The lowest BCUT2D eigenvalue weighted by Gasteiger charge is -2.28. The van der Waals surface area contributed by atoms with Gasteiger partial charge in [0.05, 0.1) is 24.2 Å². The zero-order valence-electron chi connectivity index (χ0n) is 23.8. The van der Waals surface area contributed by atoms with E-state index in [4.69, 9.17) is 18.9 Å². The molecule has 1 aliphatic carbocycles. The Kier molecular flexibility index (Phi) is 7.61. The lowest BCUT2D eigenvalue weighted by atomic mass is 9.78. The van der Waals surface area contributed by atoms with Gasteiger partial charge in [-0.2, -0.15) is 10.2 Å². The van der Waals surface area contributed by atoms with Gasteiger partial charge in [0.25, 0.3) is 0 Å². The van der Waals surface area contributed by atoms with E-state index < -0.39 is 0 Å². The van der Waals surface area contributed by atoms with Crippen LogP contribution in [0, 0.1) is 0 Å². The SMILES string of the molecule is O=C(Cc1cccc2c1OCO2)Nc1ccc([C@H]2CCC[C@H](c3ccc(NC(=O)Cc4cccc5c4OCO5)nn3)C2)nn1. The quantitative estimate of drug-likeness (QED) is 0.298. The van der Waals surface area contributed by atoms with Crippen molar-refractivity contribution in [1.82, 2.24) is 20.4 Å². The molecule has 2 aromatic carbocycles. The molecule has 44 heavy (non-hydrogen) atoms. The van der Waals surface area contributed by atoms with Gasteiger partial charge in [-0.15, -0.1) is 10.2 Å². The van der Waals surface area contributed by atoms with E-state index >= 15 is 0 Å². The highest BCUT2D eigenvalue weighted by molar-refractivity contribution is 5.92. The number of anilines is 2. The van der Waals surface area contributed by atoms with Gasteiger partial charge in [-0.1, -0.05) is 30.7 Å². The van der Waals surface area contributed by atoms with Gasteiger partial charge >= 0.3 is 0 Å². The Hall–Kier alpha value is -5.26. The Morgan fingerprint density at radius 2 is 1.14 bits per heavy atom. The van der Waals surface area contributed by atoms with Crippen molar-refractivity contribution in [2.45, 2.75) is 50.4 Å². The predicted molar refractivity (Wildman–Crippen MR) is 158 cm³/mol. The minimum Gasteiger partial charge on any atom is -0.454 e. The summed E-state index contributed by atoms with van der Waals surface area (Å²) < 4.78 is 21.8. The molecule has 2 N–H and O–H groups in total. The van der Waals surface area contributed by atoms with Crippen LogP contribution in [0.15, 0.2) is 60.7 Å². The summed E-state index contributed by atoms with van der Waals surface area (Å²) in [6, 6.07) is 18.4. The molecule has 12 heteroatoms. The van der Waals surface area contributed by atoms with Crippen molar-refractivity contribution in [2.75, 3.05) is 24.2 Å². The lowest BCUT2D eigenvalue weighted by Crippen LogP contribution is -2.18. The average Bonchev–Trinajstić information content (AvgIpc) is 3.73. The summed E-state index contributed by atoms with van der Waals surface area (Å²) in [5, 5.41) is 23.1. The van der Waals surface area contributed by atoms with E-state index in [0.29, 0.717) is 34.6 Å². The van der Waals surface area contributed by atoms with Gasteiger partial charge in [-0.25, -0.2) is 0 Å². The van der Waals surface area contributed by atoms with Crippen LogP contribution in [0.25, 0.3) is 0 Å². The number of aromatic nitrogens is 4. The van der Waals surface area contributed by atoms with Crippen LogP contribution < -0.4 is 29.6 Å². The molecule has 1 saturated carbocycles. The highest BCUT2D eigenvalue weighted by Crippen LogP contribution is 2.40. The Bertz CT molecular complexity index is 1560. The number of hydrogen-bond donors (Lipinski definition) is 2. The van der Waals surface area contributed by atoms with Crippen LogP contribution in [0.4, 0.5) is 11.6 Å². The van der Waals surface area contributed by atoms with Gasteiger partial charge in [0.1, 0.15) is 0 Å². The molecule has 2 atom stereocenters. The van der Waals surface area contributed by atoms with Crippen LogP contribution in [0.3, 0.4) is 0 Å². The molecule has 0 saturated heterocycles. The third-order valence-corrected chi connectivity index (χ3v) is 8.07. The summed E-state index contributed by atoms with van der Waals surface area (Å²) in [6.45, 7) is 0.311. The lowest BCUT2D eigenvalue weighted by molar-refractivity contribution is -0.116. The maximum atomic E-state index is 12.7. The van der Waals surface area contributed by atoms with Crippen molar-refractivity contribution in [3.05, 3.63) is 83.2 Å². The Morgan fingerprint density at radius 3 is 1.59 bits per heavy atom. The fourth-order valence-electron chi connectivity index (χ4n) is 5.96. The largest absolute Gasteiger partial charge is 0.454 e. The van der Waals surface area contributed by atoms with Crippen LogP contribution in [0.1, 0.15) is 60.0 Å². The molecule has 4 aromatic rings. The molecular formula is C32H30N6O6. The first-order valence-electron chi connectivity index (χ1n) is 14.6. The summed E-state index contributed by atoms with van der Waals surface area (Å²) in [5.41, 5.74) is 3.29. The number of ether oxygens (including phenoxy) is 4. The van der Waals surface area contributed by atoms with Crippen molar-refractivity contribution >= 4 is 23.5 Å². The topological polar surface area (TPSA) is 147 Å². The van der Waals surface area contributed by atoms with Crippen LogP contribution >= 0.6 is 0 Å². The second-order valence-electron chi connectivity index (χ2n) is 11.0. The van der Waals surface area contributed by atoms with E-state index in [2.05, 4.69) is 31.0 Å². The summed E-state index contributed by atoms with van der Waals surface area (Å²) in [4.78, 5) is 25.3. The van der Waals surface area contributed by atoms with Gasteiger partial charge < -0.3 is 29.6 Å². The van der Waals surface area contributed by atoms with E-state index in [0.717, 1.165) is 48.2 Å². The number of rotatable bonds is 8. The fraction of sp³-hybridized carbons (Fsp3) is 0.312. The molecule has 1 fully saturated rings. The second-order valence-corrected chi connectivity index (χ2v) is 11.0. The molecule has 7 rings (SSSR count). The van der Waals surface area contributed by atoms with Crippen LogP contribution in [0.2, 0.25) is 0 Å². The zero-order valence-corrected chi connectivity index (χ0v) is 23.8. The number of carbonyl (C=O) groups is 2. The Labute approximate surface area is 253 Å². The van der Waals surface area contributed by atoms with Crippen molar-refractivity contribution in [3.8, 4) is 23.0 Å². The molecule has 2 amide bonds. The van der Waals surface area contributed by atoms with Gasteiger partial charge in [-0.05, 0) is 55.7 Å². The Balaban J connectivity index is 0.926. The normalized spacial score (nSPS) is 18.1. The molecule has 2 aromatic heterocycles. The molecule has 224 valence electrons. The zero-order chi connectivity index (χ0) is 29.9. The number of para-hydroxylation sites is 2. The van der Waals surface area contributed by atoms with Crippen LogP contribution in [-0.2, 0) is 22.4 Å². The van der Waals surface area contributed by atoms with Gasteiger partial charge in [0, 0.05) is 23.0 Å². The third-order valence-electron chi connectivity index (χ3n) is 8.07. The monoisotopic (exact) mass is 594 g/mol. The molecule has 2 aliphatic heterocycles. The number of benzene rings is 2. The van der Waals surface area contributed by atoms with Crippen molar-refractivity contribution in [1.29, 1.82) is 0 Å². The minimum absolute atomic E-state index is 0.142. The molecular weight excluding hydrogens is 564 g/mol.